The molecule has 7 nitrogen and oxygen atoms in total. The fraction of sp³-hybridized carbons (Fsp3) is 0.318. The first kappa shape index (κ1) is 21.5. The molecule has 9 heteroatoms. The van der Waals surface area contributed by atoms with E-state index in [0.29, 0.717) is 31.9 Å². The number of benzene rings is 2. The Labute approximate surface area is 181 Å². The monoisotopic (exact) mass is 445 g/mol. The molecule has 164 valence electrons. The van der Waals surface area contributed by atoms with Gasteiger partial charge in [0.25, 0.3) is 0 Å². The number of sulfonamides is 1. The highest BCUT2D eigenvalue weighted by atomic mass is 32.2. The van der Waals surface area contributed by atoms with Gasteiger partial charge in [-0.05, 0) is 30.3 Å². The van der Waals surface area contributed by atoms with Gasteiger partial charge in [0.1, 0.15) is 6.10 Å². The lowest BCUT2D eigenvalue weighted by molar-refractivity contribution is -0.00520. The van der Waals surface area contributed by atoms with Crippen LogP contribution in [0.15, 0.2) is 65.6 Å². The van der Waals surface area contributed by atoms with E-state index < -0.39 is 21.9 Å². The van der Waals surface area contributed by atoms with Crippen LogP contribution in [0.1, 0.15) is 17.5 Å². The second-order valence-corrected chi connectivity index (χ2v) is 9.19. The molecule has 1 saturated heterocycles. The molecule has 0 bridgehead atoms. The molecule has 0 aliphatic carbocycles. The molecule has 2 heterocycles. The van der Waals surface area contributed by atoms with Gasteiger partial charge in [0.05, 0.1) is 23.8 Å². The van der Waals surface area contributed by atoms with Gasteiger partial charge in [-0.3, -0.25) is 4.68 Å². The Kier molecular flexibility index (Phi) is 6.35. The number of halogens is 1. The zero-order chi connectivity index (χ0) is 21.8. The molecule has 1 aliphatic rings. The zero-order valence-electron chi connectivity index (χ0n) is 17.1. The van der Waals surface area contributed by atoms with Crippen LogP contribution in [0.5, 0.6) is 5.75 Å². The molecular formula is C22H24FN3O4S. The van der Waals surface area contributed by atoms with Crippen molar-refractivity contribution in [3.8, 4) is 5.75 Å². The molecule has 0 saturated carbocycles. The number of aromatic nitrogens is 2. The molecule has 1 aliphatic heterocycles. The number of ether oxygens (including phenoxy) is 2. The number of aryl methyl sites for hydroxylation is 1. The molecule has 1 unspecified atom stereocenters. The van der Waals surface area contributed by atoms with Crippen LogP contribution in [-0.2, 0) is 28.2 Å². The molecule has 0 amide bonds. The maximum Gasteiger partial charge on any atom is 0.243 e. The largest absolute Gasteiger partial charge is 0.490 e. The van der Waals surface area contributed by atoms with Gasteiger partial charge >= 0.3 is 0 Å². The van der Waals surface area contributed by atoms with Gasteiger partial charge in [-0.25, -0.2) is 12.8 Å². The molecule has 1 aromatic heterocycles. The molecule has 3 aromatic rings. The van der Waals surface area contributed by atoms with Crippen LogP contribution in [0.25, 0.3) is 0 Å². The zero-order valence-corrected chi connectivity index (χ0v) is 18.0. The van der Waals surface area contributed by atoms with Crippen molar-refractivity contribution >= 4 is 10.0 Å². The number of morpholine rings is 1. The Balaban J connectivity index is 1.42. The van der Waals surface area contributed by atoms with Crippen LogP contribution in [0.4, 0.5) is 4.39 Å². The van der Waals surface area contributed by atoms with Crippen molar-refractivity contribution in [2.24, 2.45) is 7.05 Å². The molecule has 1 fully saturated rings. The minimum atomic E-state index is -3.59. The average Bonchev–Trinajstić information content (AvgIpc) is 3.16. The van der Waals surface area contributed by atoms with Crippen LogP contribution >= 0.6 is 0 Å². The van der Waals surface area contributed by atoms with E-state index in [1.165, 1.54) is 10.4 Å². The SMILES string of the molecule is Cn1nc(C2CN(S(=O)(=O)c3ccccc3)CCO2)cc1CCOc1ccccc1F. The molecule has 2 aromatic carbocycles. The first-order chi connectivity index (χ1) is 14.9. The van der Waals surface area contributed by atoms with Crippen molar-refractivity contribution < 1.29 is 22.3 Å². The van der Waals surface area contributed by atoms with Crippen molar-refractivity contribution in [2.75, 3.05) is 26.3 Å². The van der Waals surface area contributed by atoms with Gasteiger partial charge in [-0.2, -0.15) is 9.40 Å². The highest BCUT2D eigenvalue weighted by molar-refractivity contribution is 7.89. The van der Waals surface area contributed by atoms with Crippen molar-refractivity contribution in [1.29, 1.82) is 0 Å². The van der Waals surface area contributed by atoms with E-state index in [-0.39, 0.29) is 17.2 Å². The Morgan fingerprint density at radius 3 is 2.68 bits per heavy atom. The number of para-hydroxylation sites is 1. The van der Waals surface area contributed by atoms with Gasteiger partial charge in [-0.1, -0.05) is 30.3 Å². The molecular weight excluding hydrogens is 421 g/mol. The van der Waals surface area contributed by atoms with E-state index in [0.717, 1.165) is 5.69 Å². The number of nitrogens with zero attached hydrogens (tertiary/aromatic N) is 3. The summed E-state index contributed by atoms with van der Waals surface area (Å²) in [4.78, 5) is 0.266. The van der Waals surface area contributed by atoms with E-state index in [1.807, 2.05) is 13.1 Å². The summed E-state index contributed by atoms with van der Waals surface area (Å²) >= 11 is 0. The quantitative estimate of drug-likeness (QED) is 0.559. The summed E-state index contributed by atoms with van der Waals surface area (Å²) in [5.74, 6) is -0.189. The van der Waals surface area contributed by atoms with Gasteiger partial charge in [0.2, 0.25) is 10.0 Å². The van der Waals surface area contributed by atoms with E-state index >= 15 is 0 Å². The van der Waals surface area contributed by atoms with Gasteiger partial charge in [0, 0.05) is 32.3 Å². The fourth-order valence-electron chi connectivity index (χ4n) is 3.51. The summed E-state index contributed by atoms with van der Waals surface area (Å²) in [6.07, 6.45) is 0.0658. The average molecular weight is 446 g/mol. The number of rotatable bonds is 7. The van der Waals surface area contributed by atoms with Gasteiger partial charge < -0.3 is 9.47 Å². The lowest BCUT2D eigenvalue weighted by atomic mass is 10.2. The summed E-state index contributed by atoms with van der Waals surface area (Å²) in [5, 5.41) is 4.51. The van der Waals surface area contributed by atoms with Crippen LogP contribution in [0.2, 0.25) is 0 Å². The van der Waals surface area contributed by atoms with Crippen LogP contribution in [0.3, 0.4) is 0 Å². The van der Waals surface area contributed by atoms with Crippen LogP contribution < -0.4 is 4.74 Å². The second-order valence-electron chi connectivity index (χ2n) is 7.25. The summed E-state index contributed by atoms with van der Waals surface area (Å²) in [6.45, 7) is 1.07. The lowest BCUT2D eigenvalue weighted by Gasteiger charge is -2.31. The van der Waals surface area contributed by atoms with E-state index in [9.17, 15) is 12.8 Å². The molecule has 0 spiro atoms. The molecule has 0 N–H and O–H groups in total. The second kappa shape index (κ2) is 9.17. The normalized spacial score (nSPS) is 17.5. The number of hydrogen-bond donors (Lipinski definition) is 0. The summed E-state index contributed by atoms with van der Waals surface area (Å²) < 4.78 is 54.1. The van der Waals surface area contributed by atoms with Gasteiger partial charge in [-0.15, -0.1) is 0 Å². The topological polar surface area (TPSA) is 73.7 Å². The Bertz CT molecular complexity index is 1130. The summed E-state index contributed by atoms with van der Waals surface area (Å²) in [6, 6.07) is 16.5. The highest BCUT2D eigenvalue weighted by Gasteiger charge is 2.32. The summed E-state index contributed by atoms with van der Waals surface area (Å²) in [5.41, 5.74) is 1.55. The van der Waals surface area contributed by atoms with E-state index in [1.54, 1.807) is 53.2 Å². The van der Waals surface area contributed by atoms with E-state index in [2.05, 4.69) is 5.10 Å². The molecule has 31 heavy (non-hydrogen) atoms. The Hall–Kier alpha value is -2.75. The van der Waals surface area contributed by atoms with Crippen molar-refractivity contribution in [3.63, 3.8) is 0 Å². The summed E-state index contributed by atoms with van der Waals surface area (Å²) in [7, 11) is -1.78. The van der Waals surface area contributed by atoms with Crippen molar-refractivity contribution in [1.82, 2.24) is 14.1 Å². The van der Waals surface area contributed by atoms with Crippen LogP contribution in [-0.4, -0.2) is 48.8 Å². The first-order valence-corrected chi connectivity index (χ1v) is 11.5. The predicted octanol–water partition coefficient (Wildman–Crippen LogP) is 2.94. The van der Waals surface area contributed by atoms with Crippen molar-refractivity contribution in [2.45, 2.75) is 17.4 Å². The molecule has 1 atom stereocenters. The Morgan fingerprint density at radius 2 is 1.90 bits per heavy atom. The predicted molar refractivity (Wildman–Crippen MR) is 113 cm³/mol. The minimum absolute atomic E-state index is 0.194. The maximum atomic E-state index is 13.7. The first-order valence-electron chi connectivity index (χ1n) is 10.0. The van der Waals surface area contributed by atoms with Crippen molar-refractivity contribution in [3.05, 3.63) is 77.9 Å². The number of hydrogen-bond acceptors (Lipinski definition) is 5. The van der Waals surface area contributed by atoms with Gasteiger partial charge in [0.15, 0.2) is 11.6 Å². The third-order valence-corrected chi connectivity index (χ3v) is 7.07. The fourth-order valence-corrected chi connectivity index (χ4v) is 4.96. The third kappa shape index (κ3) is 4.79. The standard InChI is InChI=1S/C22H24FN3O4S/c1-25-17(11-13-29-21-10-6-5-9-19(21)23)15-20(24-25)22-16-26(12-14-30-22)31(27,28)18-7-3-2-4-8-18/h2-10,15,22H,11-14,16H2,1H3. The molecule has 0 radical (unpaired) electrons. The van der Waals surface area contributed by atoms with E-state index in [4.69, 9.17) is 9.47 Å². The maximum absolute atomic E-state index is 13.7. The smallest absolute Gasteiger partial charge is 0.243 e. The molecule has 4 rings (SSSR count). The Morgan fingerprint density at radius 1 is 1.16 bits per heavy atom. The highest BCUT2D eigenvalue weighted by Crippen LogP contribution is 2.26. The minimum Gasteiger partial charge on any atom is -0.490 e. The lowest BCUT2D eigenvalue weighted by Crippen LogP contribution is -2.42. The van der Waals surface area contributed by atoms with Crippen LogP contribution in [0, 0.1) is 5.82 Å². The third-order valence-electron chi connectivity index (χ3n) is 5.19.